The molecule has 0 spiro atoms. The molecule has 0 saturated carbocycles. The van der Waals surface area contributed by atoms with Crippen LogP contribution in [0.25, 0.3) is 11.3 Å². The summed E-state index contributed by atoms with van der Waals surface area (Å²) in [6, 6.07) is 12.5. The van der Waals surface area contributed by atoms with Crippen LogP contribution >= 0.6 is 0 Å². The first-order valence-electron chi connectivity index (χ1n) is 7.84. The molecule has 1 saturated heterocycles. The first kappa shape index (κ1) is 14.9. The summed E-state index contributed by atoms with van der Waals surface area (Å²) in [5.41, 5.74) is 8.89. The van der Waals surface area contributed by atoms with Crippen LogP contribution in [-0.4, -0.2) is 54.4 Å². The van der Waals surface area contributed by atoms with Crippen molar-refractivity contribution in [3.05, 3.63) is 42.0 Å². The monoisotopic (exact) mass is 297 g/mol. The van der Waals surface area contributed by atoms with E-state index in [0.29, 0.717) is 0 Å². The highest BCUT2D eigenvalue weighted by atomic mass is 15.3. The molecule has 3 rings (SSSR count). The van der Waals surface area contributed by atoms with Crippen molar-refractivity contribution >= 4 is 5.82 Å². The molecule has 116 valence electrons. The van der Waals surface area contributed by atoms with Gasteiger partial charge in [0.05, 0.1) is 5.69 Å². The maximum Gasteiger partial charge on any atom is 0.151 e. The number of benzene rings is 1. The van der Waals surface area contributed by atoms with E-state index in [1.54, 1.807) is 0 Å². The van der Waals surface area contributed by atoms with Crippen LogP contribution in [0.5, 0.6) is 0 Å². The highest BCUT2D eigenvalue weighted by Gasteiger charge is 2.17. The van der Waals surface area contributed by atoms with Crippen molar-refractivity contribution in [3.63, 3.8) is 0 Å². The Morgan fingerprint density at radius 1 is 0.955 bits per heavy atom. The molecule has 0 aliphatic carbocycles. The van der Waals surface area contributed by atoms with E-state index in [4.69, 9.17) is 5.73 Å². The van der Waals surface area contributed by atoms with Crippen LogP contribution in [0.3, 0.4) is 0 Å². The number of piperazine rings is 1. The van der Waals surface area contributed by atoms with Crippen molar-refractivity contribution in [2.45, 2.75) is 6.92 Å². The number of nitrogens with two attached hydrogens (primary N) is 1. The Kier molecular flexibility index (Phi) is 4.65. The smallest absolute Gasteiger partial charge is 0.151 e. The van der Waals surface area contributed by atoms with Crippen LogP contribution in [0, 0.1) is 6.92 Å². The van der Waals surface area contributed by atoms with E-state index in [9.17, 15) is 0 Å². The maximum atomic E-state index is 5.61. The van der Waals surface area contributed by atoms with E-state index in [1.165, 1.54) is 5.56 Å². The summed E-state index contributed by atoms with van der Waals surface area (Å²) >= 11 is 0. The molecule has 1 aromatic heterocycles. The van der Waals surface area contributed by atoms with Gasteiger partial charge in [-0.3, -0.25) is 4.90 Å². The molecule has 1 aliphatic heterocycles. The van der Waals surface area contributed by atoms with Crippen LogP contribution in [-0.2, 0) is 0 Å². The van der Waals surface area contributed by atoms with Gasteiger partial charge in [0, 0.05) is 44.8 Å². The van der Waals surface area contributed by atoms with E-state index in [2.05, 4.69) is 63.3 Å². The van der Waals surface area contributed by atoms with Crippen molar-refractivity contribution < 1.29 is 0 Å². The molecule has 1 fully saturated rings. The standard InChI is InChI=1S/C17H23N5/c1-14-2-4-15(5-3-14)16-6-7-17(20-19-16)22-12-10-21(9-8-18)11-13-22/h2-7H,8-13,18H2,1H3. The van der Waals surface area contributed by atoms with Crippen LogP contribution in [0.15, 0.2) is 36.4 Å². The molecule has 5 heteroatoms. The van der Waals surface area contributed by atoms with E-state index >= 15 is 0 Å². The van der Waals surface area contributed by atoms with Gasteiger partial charge in [-0.15, -0.1) is 10.2 Å². The minimum atomic E-state index is 0.727. The topological polar surface area (TPSA) is 58.3 Å². The second-order valence-corrected chi connectivity index (χ2v) is 5.76. The van der Waals surface area contributed by atoms with Crippen molar-refractivity contribution in [3.8, 4) is 11.3 Å². The lowest BCUT2D eigenvalue weighted by atomic mass is 10.1. The van der Waals surface area contributed by atoms with Gasteiger partial charge in [0.25, 0.3) is 0 Å². The number of hydrogen-bond acceptors (Lipinski definition) is 5. The van der Waals surface area contributed by atoms with Crippen molar-refractivity contribution in [2.24, 2.45) is 5.73 Å². The molecule has 1 aliphatic rings. The molecule has 0 amide bonds. The van der Waals surface area contributed by atoms with Gasteiger partial charge >= 0.3 is 0 Å². The summed E-state index contributed by atoms with van der Waals surface area (Å²) in [6.07, 6.45) is 0. The van der Waals surface area contributed by atoms with E-state index in [1.807, 2.05) is 0 Å². The molecule has 2 N–H and O–H groups in total. The zero-order chi connectivity index (χ0) is 15.4. The van der Waals surface area contributed by atoms with Crippen molar-refractivity contribution in [1.29, 1.82) is 0 Å². The van der Waals surface area contributed by atoms with Gasteiger partial charge in [0.1, 0.15) is 0 Å². The van der Waals surface area contributed by atoms with Crippen molar-refractivity contribution in [1.82, 2.24) is 15.1 Å². The maximum absolute atomic E-state index is 5.61. The molecule has 1 aromatic carbocycles. The third kappa shape index (κ3) is 3.43. The SMILES string of the molecule is Cc1ccc(-c2ccc(N3CCN(CCN)CC3)nn2)cc1. The predicted molar refractivity (Wildman–Crippen MR) is 89.9 cm³/mol. The largest absolute Gasteiger partial charge is 0.353 e. The normalized spacial score (nSPS) is 16.0. The number of aryl methyl sites for hydroxylation is 1. The summed E-state index contributed by atoms with van der Waals surface area (Å²) in [5, 5.41) is 8.79. The quantitative estimate of drug-likeness (QED) is 0.927. The lowest BCUT2D eigenvalue weighted by Gasteiger charge is -2.34. The number of aromatic nitrogens is 2. The average molecular weight is 297 g/mol. The third-order valence-electron chi connectivity index (χ3n) is 4.14. The van der Waals surface area contributed by atoms with Gasteiger partial charge in [0.2, 0.25) is 0 Å². The molecule has 5 nitrogen and oxygen atoms in total. The first-order valence-corrected chi connectivity index (χ1v) is 7.84. The Morgan fingerprint density at radius 3 is 2.27 bits per heavy atom. The zero-order valence-electron chi connectivity index (χ0n) is 13.1. The fourth-order valence-electron chi connectivity index (χ4n) is 2.76. The van der Waals surface area contributed by atoms with E-state index in [-0.39, 0.29) is 0 Å². The predicted octanol–water partition coefficient (Wildman–Crippen LogP) is 1.53. The number of anilines is 1. The number of nitrogens with zero attached hydrogens (tertiary/aromatic N) is 4. The lowest BCUT2D eigenvalue weighted by molar-refractivity contribution is 0.264. The highest BCUT2D eigenvalue weighted by molar-refractivity contribution is 5.60. The van der Waals surface area contributed by atoms with Gasteiger partial charge < -0.3 is 10.6 Å². The second kappa shape index (κ2) is 6.85. The van der Waals surface area contributed by atoms with E-state index < -0.39 is 0 Å². The van der Waals surface area contributed by atoms with Gasteiger partial charge in [-0.1, -0.05) is 29.8 Å². The Hall–Kier alpha value is -1.98. The minimum absolute atomic E-state index is 0.727. The fraction of sp³-hybridized carbons (Fsp3) is 0.412. The Morgan fingerprint density at radius 2 is 1.68 bits per heavy atom. The van der Waals surface area contributed by atoms with E-state index in [0.717, 1.165) is 56.3 Å². The highest BCUT2D eigenvalue weighted by Crippen LogP contribution is 2.19. The molecular weight excluding hydrogens is 274 g/mol. The Labute approximate surface area is 131 Å². The van der Waals surface area contributed by atoms with Crippen LogP contribution in [0.4, 0.5) is 5.82 Å². The molecular formula is C17H23N5. The summed E-state index contributed by atoms with van der Waals surface area (Å²) in [4.78, 5) is 4.68. The minimum Gasteiger partial charge on any atom is -0.353 e. The van der Waals surface area contributed by atoms with Gasteiger partial charge in [0.15, 0.2) is 5.82 Å². The Balaban J connectivity index is 1.66. The molecule has 0 radical (unpaired) electrons. The third-order valence-corrected chi connectivity index (χ3v) is 4.14. The van der Waals surface area contributed by atoms with Gasteiger partial charge in [-0.2, -0.15) is 0 Å². The van der Waals surface area contributed by atoms with Gasteiger partial charge in [-0.25, -0.2) is 0 Å². The van der Waals surface area contributed by atoms with Crippen LogP contribution < -0.4 is 10.6 Å². The average Bonchev–Trinajstić information content (AvgIpc) is 2.57. The summed E-state index contributed by atoms with van der Waals surface area (Å²) in [6.45, 7) is 7.84. The van der Waals surface area contributed by atoms with Gasteiger partial charge in [-0.05, 0) is 19.1 Å². The molecule has 0 bridgehead atoms. The molecule has 2 aromatic rings. The number of rotatable bonds is 4. The summed E-state index contributed by atoms with van der Waals surface area (Å²) < 4.78 is 0. The zero-order valence-corrected chi connectivity index (χ0v) is 13.1. The fourth-order valence-corrected chi connectivity index (χ4v) is 2.76. The first-order chi connectivity index (χ1) is 10.8. The Bertz CT molecular complexity index is 585. The lowest BCUT2D eigenvalue weighted by Crippen LogP contribution is -2.48. The molecule has 22 heavy (non-hydrogen) atoms. The molecule has 0 unspecified atom stereocenters. The molecule has 2 heterocycles. The second-order valence-electron chi connectivity index (χ2n) is 5.76. The van der Waals surface area contributed by atoms with Crippen molar-refractivity contribution in [2.75, 3.05) is 44.2 Å². The molecule has 0 atom stereocenters. The summed E-state index contributed by atoms with van der Waals surface area (Å²) in [7, 11) is 0. The van der Waals surface area contributed by atoms with Crippen LogP contribution in [0.2, 0.25) is 0 Å². The number of hydrogen-bond donors (Lipinski definition) is 1. The summed E-state index contributed by atoms with van der Waals surface area (Å²) in [5.74, 6) is 0.961. The van der Waals surface area contributed by atoms with Crippen LogP contribution in [0.1, 0.15) is 5.56 Å².